The molecule has 158 valence electrons. The van der Waals surface area contributed by atoms with Gasteiger partial charge in [-0.25, -0.2) is 9.82 Å². The molecular formula is C21H23FN4O4. The van der Waals surface area contributed by atoms with E-state index in [-0.39, 0.29) is 35.2 Å². The smallest absolute Gasteiger partial charge is 0.243 e. The van der Waals surface area contributed by atoms with Crippen LogP contribution >= 0.6 is 0 Å². The molecule has 0 bridgehead atoms. The summed E-state index contributed by atoms with van der Waals surface area (Å²) in [6, 6.07) is 12.0. The first-order valence-electron chi connectivity index (χ1n) is 9.92. The van der Waals surface area contributed by atoms with Crippen molar-refractivity contribution in [2.75, 3.05) is 5.32 Å². The summed E-state index contributed by atoms with van der Waals surface area (Å²) in [5, 5.41) is 14.0. The Kier molecular flexibility index (Phi) is 5.91. The number of nitrogens with zero attached hydrogens (tertiary/aromatic N) is 1. The largest absolute Gasteiger partial charge is 0.489 e. The van der Waals surface area contributed by atoms with Gasteiger partial charge in [0.25, 0.3) is 0 Å². The molecule has 0 aromatic heterocycles. The third kappa shape index (κ3) is 4.58. The summed E-state index contributed by atoms with van der Waals surface area (Å²) in [5.41, 5.74) is 7.36. The summed E-state index contributed by atoms with van der Waals surface area (Å²) < 4.78 is 19.0. The van der Waals surface area contributed by atoms with Gasteiger partial charge in [-0.15, -0.1) is 0 Å². The second-order valence-corrected chi connectivity index (χ2v) is 7.72. The molecule has 9 heteroatoms. The van der Waals surface area contributed by atoms with Crippen molar-refractivity contribution in [1.29, 1.82) is 0 Å². The maximum atomic E-state index is 13.3. The number of hydrazine groups is 1. The Morgan fingerprint density at radius 1 is 1.20 bits per heavy atom. The van der Waals surface area contributed by atoms with Crippen LogP contribution in [0.5, 0.6) is 5.75 Å². The highest BCUT2D eigenvalue weighted by Crippen LogP contribution is 2.32. The topological polar surface area (TPSA) is 106 Å². The summed E-state index contributed by atoms with van der Waals surface area (Å²) in [6.45, 7) is 0.204. The van der Waals surface area contributed by atoms with Crippen LogP contribution < -0.4 is 20.9 Å². The minimum atomic E-state index is -0.609. The van der Waals surface area contributed by atoms with Gasteiger partial charge in [0.2, 0.25) is 11.9 Å². The van der Waals surface area contributed by atoms with Gasteiger partial charge in [-0.3, -0.25) is 20.3 Å². The van der Waals surface area contributed by atoms with Gasteiger partial charge in [0, 0.05) is 41.5 Å². The van der Waals surface area contributed by atoms with Crippen LogP contribution in [0.1, 0.15) is 24.8 Å². The summed E-state index contributed by atoms with van der Waals surface area (Å²) >= 11 is 0. The molecule has 2 aromatic carbocycles. The molecule has 1 heterocycles. The van der Waals surface area contributed by atoms with Crippen molar-refractivity contribution in [3.05, 3.63) is 70.0 Å². The molecule has 30 heavy (non-hydrogen) atoms. The molecule has 8 nitrogen and oxygen atoms in total. The van der Waals surface area contributed by atoms with Crippen LogP contribution in [0.2, 0.25) is 0 Å². The molecule has 0 spiro atoms. The number of fused-ring (bicyclic) bond motifs is 1. The lowest BCUT2D eigenvalue weighted by atomic mass is 9.79. The zero-order chi connectivity index (χ0) is 21.1. The van der Waals surface area contributed by atoms with Crippen LogP contribution in [-0.2, 0) is 11.4 Å². The first-order chi connectivity index (χ1) is 14.5. The second-order valence-electron chi connectivity index (χ2n) is 7.72. The molecule has 1 amide bonds. The van der Waals surface area contributed by atoms with E-state index in [1.165, 1.54) is 12.1 Å². The molecule has 1 saturated heterocycles. The number of hydrogen-bond donors (Lipinski definition) is 3. The third-order valence-electron chi connectivity index (χ3n) is 5.70. The Labute approximate surface area is 172 Å². The number of carbonyl (C=O) groups excluding carboxylic acids is 1. The number of anilines is 1. The van der Waals surface area contributed by atoms with Crippen molar-refractivity contribution in [2.45, 2.75) is 44.0 Å². The van der Waals surface area contributed by atoms with Gasteiger partial charge in [0.05, 0.1) is 0 Å². The van der Waals surface area contributed by atoms with E-state index in [9.17, 15) is 19.3 Å². The molecular weight excluding hydrogens is 391 g/mol. The summed E-state index contributed by atoms with van der Waals surface area (Å²) in [5.74, 6) is -0.170. The molecule has 4 atom stereocenters. The molecule has 2 aromatic rings. The zero-order valence-electron chi connectivity index (χ0n) is 16.2. The number of rotatable bonds is 6. The monoisotopic (exact) mass is 414 g/mol. The van der Waals surface area contributed by atoms with Crippen molar-refractivity contribution < 1.29 is 18.8 Å². The highest BCUT2D eigenvalue weighted by atomic mass is 19.1. The van der Waals surface area contributed by atoms with Crippen LogP contribution in [0, 0.1) is 21.8 Å². The van der Waals surface area contributed by atoms with Gasteiger partial charge in [-0.05, 0) is 36.2 Å². The van der Waals surface area contributed by atoms with E-state index < -0.39 is 12.1 Å². The molecule has 1 saturated carbocycles. The molecule has 3 N–H and O–H groups in total. The normalized spacial score (nSPS) is 25.4. The van der Waals surface area contributed by atoms with E-state index in [1.54, 1.807) is 36.4 Å². The van der Waals surface area contributed by atoms with Gasteiger partial charge < -0.3 is 10.1 Å². The highest BCUT2D eigenvalue weighted by Gasteiger charge is 2.46. The molecule has 4 unspecified atom stereocenters. The Morgan fingerprint density at radius 3 is 2.83 bits per heavy atom. The van der Waals surface area contributed by atoms with Crippen molar-refractivity contribution in [2.24, 2.45) is 5.92 Å². The number of halogens is 1. The van der Waals surface area contributed by atoms with Crippen molar-refractivity contribution >= 4 is 11.6 Å². The summed E-state index contributed by atoms with van der Waals surface area (Å²) in [6.07, 6.45) is 1.55. The average molecular weight is 414 g/mol. The van der Waals surface area contributed by atoms with E-state index in [2.05, 4.69) is 16.2 Å². The van der Waals surface area contributed by atoms with E-state index in [1.807, 2.05) is 0 Å². The third-order valence-corrected chi connectivity index (χ3v) is 5.70. The number of nitro groups is 1. The van der Waals surface area contributed by atoms with Gasteiger partial charge in [-0.1, -0.05) is 18.2 Å². The lowest BCUT2D eigenvalue weighted by Gasteiger charge is -2.28. The zero-order valence-corrected chi connectivity index (χ0v) is 16.2. The molecule has 1 aliphatic heterocycles. The average Bonchev–Trinajstić information content (AvgIpc) is 3.16. The number of amides is 1. The maximum Gasteiger partial charge on any atom is 0.243 e. The van der Waals surface area contributed by atoms with Gasteiger partial charge >= 0.3 is 0 Å². The predicted molar refractivity (Wildman–Crippen MR) is 108 cm³/mol. The molecule has 1 aliphatic carbocycles. The molecule has 4 rings (SSSR count). The van der Waals surface area contributed by atoms with Crippen LogP contribution in [0.15, 0.2) is 48.5 Å². The quantitative estimate of drug-likeness (QED) is 0.496. The Balaban J connectivity index is 1.37. The predicted octanol–water partition coefficient (Wildman–Crippen LogP) is 2.63. The van der Waals surface area contributed by atoms with Crippen molar-refractivity contribution in [1.82, 2.24) is 10.9 Å². The molecule has 2 fully saturated rings. The maximum absolute atomic E-state index is 13.3. The van der Waals surface area contributed by atoms with E-state index >= 15 is 0 Å². The molecule has 2 aliphatic rings. The first-order valence-corrected chi connectivity index (χ1v) is 9.92. The molecule has 0 radical (unpaired) electrons. The lowest BCUT2D eigenvalue weighted by molar-refractivity contribution is -0.528. The van der Waals surface area contributed by atoms with Crippen molar-refractivity contribution in [3.63, 3.8) is 0 Å². The fourth-order valence-electron chi connectivity index (χ4n) is 4.16. The van der Waals surface area contributed by atoms with Gasteiger partial charge in [-0.2, -0.15) is 0 Å². The van der Waals surface area contributed by atoms with E-state index in [0.717, 1.165) is 0 Å². The van der Waals surface area contributed by atoms with Crippen LogP contribution in [-0.4, -0.2) is 29.0 Å². The second kappa shape index (κ2) is 8.76. The Morgan fingerprint density at radius 2 is 2.03 bits per heavy atom. The minimum absolute atomic E-state index is 0.0536. The van der Waals surface area contributed by atoms with E-state index in [4.69, 9.17) is 4.74 Å². The lowest BCUT2D eigenvalue weighted by Crippen LogP contribution is -2.44. The number of hydrogen-bond acceptors (Lipinski definition) is 6. The number of nitrogens with one attached hydrogen (secondary N) is 3. The summed E-state index contributed by atoms with van der Waals surface area (Å²) in [7, 11) is 0. The van der Waals surface area contributed by atoms with Gasteiger partial charge in [0.15, 0.2) is 0 Å². The fourth-order valence-corrected chi connectivity index (χ4v) is 4.16. The highest BCUT2D eigenvalue weighted by molar-refractivity contribution is 5.95. The Bertz CT molecular complexity index is 941. The number of carbonyl (C=O) groups is 1. The summed E-state index contributed by atoms with van der Waals surface area (Å²) in [4.78, 5) is 23.7. The van der Waals surface area contributed by atoms with E-state index in [0.29, 0.717) is 36.3 Å². The Hall–Kier alpha value is -3.04. The fraction of sp³-hybridized carbons (Fsp3) is 0.381. The van der Waals surface area contributed by atoms with Gasteiger partial charge in [0.1, 0.15) is 24.2 Å². The van der Waals surface area contributed by atoms with Crippen LogP contribution in [0.25, 0.3) is 0 Å². The standard InChI is InChI=1S/C21H23FN4O4/c22-14-4-1-3-13(9-14)12-30-17-6-2-5-15(10-17)23-21(27)20-18-11-16(26(28)29)7-8-19(18)24-25-20/h1-6,9-10,16,18-20,24-25H,7-8,11-12H2,(H,23,27). The number of ether oxygens (including phenoxy) is 1. The first kappa shape index (κ1) is 20.2. The SMILES string of the molecule is O=C(Nc1cccc(OCc2cccc(F)c2)c1)C1NNC2CCC([N+](=O)[O-])CC21. The number of benzene rings is 2. The van der Waals surface area contributed by atoms with Crippen LogP contribution in [0.3, 0.4) is 0 Å². The van der Waals surface area contributed by atoms with Crippen molar-refractivity contribution in [3.8, 4) is 5.75 Å². The van der Waals surface area contributed by atoms with Crippen LogP contribution in [0.4, 0.5) is 10.1 Å². The minimum Gasteiger partial charge on any atom is -0.489 e.